The molecule has 0 aliphatic rings. The third-order valence-corrected chi connectivity index (χ3v) is 4.11. The molecule has 1 unspecified atom stereocenters. The Bertz CT molecular complexity index is 444. The summed E-state index contributed by atoms with van der Waals surface area (Å²) in [7, 11) is 0. The molecule has 0 aliphatic carbocycles. The van der Waals surface area contributed by atoms with E-state index < -0.39 is 5.54 Å². The van der Waals surface area contributed by atoms with Gasteiger partial charge in [-0.15, -0.1) is 11.8 Å². The van der Waals surface area contributed by atoms with E-state index in [4.69, 9.17) is 10.5 Å². The molecule has 1 rings (SSSR count). The van der Waals surface area contributed by atoms with Gasteiger partial charge in [0.25, 0.3) is 0 Å². The van der Waals surface area contributed by atoms with Gasteiger partial charge in [-0.3, -0.25) is 4.79 Å². The summed E-state index contributed by atoms with van der Waals surface area (Å²) >= 11 is 1.72. The lowest BCUT2D eigenvalue weighted by Crippen LogP contribution is -2.46. The third kappa shape index (κ3) is 4.88. The van der Waals surface area contributed by atoms with Gasteiger partial charge in [-0.1, -0.05) is 6.07 Å². The maximum atomic E-state index is 11.6. The van der Waals surface area contributed by atoms with Crippen molar-refractivity contribution in [2.24, 2.45) is 5.73 Å². The van der Waals surface area contributed by atoms with Crippen molar-refractivity contribution in [3.63, 3.8) is 0 Å². The first-order chi connectivity index (χ1) is 8.86. The van der Waals surface area contributed by atoms with Gasteiger partial charge < -0.3 is 10.5 Å². The predicted octanol–water partition coefficient (Wildman–Crippen LogP) is 3.07. The Morgan fingerprint density at radius 2 is 2.05 bits per heavy atom. The van der Waals surface area contributed by atoms with Crippen LogP contribution in [0.5, 0.6) is 0 Å². The van der Waals surface area contributed by atoms with Crippen LogP contribution >= 0.6 is 11.8 Å². The summed E-state index contributed by atoms with van der Waals surface area (Å²) in [6.07, 6.45) is 0.601. The van der Waals surface area contributed by atoms with E-state index in [9.17, 15) is 4.79 Å². The standard InChI is InChI=1S/C15H23NO2S/c1-5-18-14(17)15(4,16)8-9-19-13-7-6-11(2)12(3)10-13/h6-7,10H,5,8-9,16H2,1-4H3. The smallest absolute Gasteiger partial charge is 0.325 e. The van der Waals surface area contributed by atoms with E-state index in [-0.39, 0.29) is 5.97 Å². The Balaban J connectivity index is 2.49. The summed E-state index contributed by atoms with van der Waals surface area (Å²) in [4.78, 5) is 12.9. The second kappa shape index (κ2) is 6.96. The van der Waals surface area contributed by atoms with E-state index in [2.05, 4.69) is 32.0 Å². The van der Waals surface area contributed by atoms with Crippen LogP contribution in [0.3, 0.4) is 0 Å². The molecule has 0 fully saturated rings. The molecule has 0 aliphatic heterocycles. The van der Waals surface area contributed by atoms with Crippen molar-refractivity contribution < 1.29 is 9.53 Å². The highest BCUT2D eigenvalue weighted by Gasteiger charge is 2.29. The molecule has 0 spiro atoms. The van der Waals surface area contributed by atoms with E-state index >= 15 is 0 Å². The van der Waals surface area contributed by atoms with Gasteiger partial charge in [0, 0.05) is 10.6 Å². The second-order valence-electron chi connectivity index (χ2n) is 4.98. The highest BCUT2D eigenvalue weighted by molar-refractivity contribution is 7.99. The molecule has 4 heteroatoms. The van der Waals surface area contributed by atoms with E-state index in [0.717, 1.165) is 5.75 Å². The minimum absolute atomic E-state index is 0.323. The summed E-state index contributed by atoms with van der Waals surface area (Å²) in [6, 6.07) is 6.38. The fraction of sp³-hybridized carbons (Fsp3) is 0.533. The summed E-state index contributed by atoms with van der Waals surface area (Å²) < 4.78 is 4.97. The molecule has 0 amide bonds. The van der Waals surface area contributed by atoms with Crippen LogP contribution in [-0.2, 0) is 9.53 Å². The molecule has 0 heterocycles. The quantitative estimate of drug-likeness (QED) is 0.643. The van der Waals surface area contributed by atoms with Crippen molar-refractivity contribution in [2.75, 3.05) is 12.4 Å². The number of benzene rings is 1. The molecule has 0 radical (unpaired) electrons. The predicted molar refractivity (Wildman–Crippen MR) is 80.5 cm³/mol. The second-order valence-corrected chi connectivity index (χ2v) is 6.15. The zero-order chi connectivity index (χ0) is 14.5. The molecule has 0 saturated heterocycles. The van der Waals surface area contributed by atoms with Gasteiger partial charge in [-0.05, 0) is 57.4 Å². The number of ether oxygens (including phenoxy) is 1. The van der Waals surface area contributed by atoms with E-state index in [1.54, 1.807) is 25.6 Å². The fourth-order valence-corrected chi connectivity index (χ4v) is 2.77. The molecule has 0 bridgehead atoms. The van der Waals surface area contributed by atoms with Crippen LogP contribution in [0.15, 0.2) is 23.1 Å². The molecule has 1 aromatic rings. The molecule has 106 valence electrons. The maximum absolute atomic E-state index is 11.6. The van der Waals surface area contributed by atoms with E-state index in [0.29, 0.717) is 13.0 Å². The molecule has 0 saturated carbocycles. The van der Waals surface area contributed by atoms with Crippen LogP contribution in [-0.4, -0.2) is 23.9 Å². The van der Waals surface area contributed by atoms with Gasteiger partial charge in [0.2, 0.25) is 0 Å². The zero-order valence-corrected chi connectivity index (χ0v) is 13.0. The Kier molecular flexibility index (Phi) is 5.88. The number of aryl methyl sites for hydroxylation is 2. The Labute approximate surface area is 119 Å². The SMILES string of the molecule is CCOC(=O)C(C)(N)CCSc1ccc(C)c(C)c1. The van der Waals surface area contributed by atoms with Gasteiger partial charge >= 0.3 is 5.97 Å². The minimum atomic E-state index is -0.900. The average Bonchev–Trinajstić information content (AvgIpc) is 2.34. The van der Waals surface area contributed by atoms with Crippen LogP contribution < -0.4 is 5.73 Å². The maximum Gasteiger partial charge on any atom is 0.325 e. The lowest BCUT2D eigenvalue weighted by molar-refractivity contribution is -0.149. The number of rotatable bonds is 6. The number of hydrogen-bond acceptors (Lipinski definition) is 4. The van der Waals surface area contributed by atoms with Crippen molar-refractivity contribution in [2.45, 2.75) is 44.6 Å². The average molecular weight is 281 g/mol. The first-order valence-electron chi connectivity index (χ1n) is 6.53. The lowest BCUT2D eigenvalue weighted by atomic mass is 10.0. The monoisotopic (exact) mass is 281 g/mol. The van der Waals surface area contributed by atoms with Gasteiger partial charge in [0.15, 0.2) is 0 Å². The molecule has 3 nitrogen and oxygen atoms in total. The molecule has 19 heavy (non-hydrogen) atoms. The Hall–Kier alpha value is -1.00. The number of thioether (sulfide) groups is 1. The normalized spacial score (nSPS) is 13.9. The van der Waals surface area contributed by atoms with Gasteiger partial charge in [-0.25, -0.2) is 0 Å². The number of hydrogen-bond donors (Lipinski definition) is 1. The molecule has 1 aromatic carbocycles. The van der Waals surface area contributed by atoms with Crippen molar-refractivity contribution in [3.05, 3.63) is 29.3 Å². The Morgan fingerprint density at radius 1 is 1.37 bits per heavy atom. The molecular weight excluding hydrogens is 258 g/mol. The first-order valence-corrected chi connectivity index (χ1v) is 7.51. The highest BCUT2D eigenvalue weighted by Crippen LogP contribution is 2.23. The van der Waals surface area contributed by atoms with Crippen LogP contribution in [0.1, 0.15) is 31.4 Å². The summed E-state index contributed by atoms with van der Waals surface area (Å²) in [5, 5.41) is 0. The highest BCUT2D eigenvalue weighted by atomic mass is 32.2. The Morgan fingerprint density at radius 3 is 2.63 bits per heavy atom. The zero-order valence-electron chi connectivity index (χ0n) is 12.2. The molecule has 1 atom stereocenters. The van der Waals surface area contributed by atoms with Crippen molar-refractivity contribution >= 4 is 17.7 Å². The molecule has 2 N–H and O–H groups in total. The molecular formula is C15H23NO2S. The van der Waals surface area contributed by atoms with Crippen molar-refractivity contribution in [1.29, 1.82) is 0 Å². The largest absolute Gasteiger partial charge is 0.465 e. The van der Waals surface area contributed by atoms with Crippen LogP contribution in [0.2, 0.25) is 0 Å². The summed E-state index contributed by atoms with van der Waals surface area (Å²) in [5.41, 5.74) is 7.65. The lowest BCUT2D eigenvalue weighted by Gasteiger charge is -2.21. The first kappa shape index (κ1) is 16.1. The van der Waals surface area contributed by atoms with Gasteiger partial charge in [-0.2, -0.15) is 0 Å². The van der Waals surface area contributed by atoms with Crippen LogP contribution in [0.4, 0.5) is 0 Å². The van der Waals surface area contributed by atoms with Crippen LogP contribution in [0.25, 0.3) is 0 Å². The summed E-state index contributed by atoms with van der Waals surface area (Å²) in [5.74, 6) is 0.476. The number of carbonyl (C=O) groups is 1. The summed E-state index contributed by atoms with van der Waals surface area (Å²) in [6.45, 7) is 8.09. The minimum Gasteiger partial charge on any atom is -0.465 e. The number of carbonyl (C=O) groups excluding carboxylic acids is 1. The molecule has 0 aromatic heterocycles. The fourth-order valence-electron chi connectivity index (χ4n) is 1.58. The van der Waals surface area contributed by atoms with Crippen molar-refractivity contribution in [3.8, 4) is 0 Å². The van der Waals surface area contributed by atoms with Crippen molar-refractivity contribution in [1.82, 2.24) is 0 Å². The number of nitrogens with two attached hydrogens (primary N) is 1. The van der Waals surface area contributed by atoms with Gasteiger partial charge in [0.1, 0.15) is 5.54 Å². The third-order valence-electron chi connectivity index (χ3n) is 3.11. The topological polar surface area (TPSA) is 52.3 Å². The van der Waals surface area contributed by atoms with Gasteiger partial charge in [0.05, 0.1) is 6.61 Å². The van der Waals surface area contributed by atoms with E-state index in [1.165, 1.54) is 16.0 Å². The number of esters is 1. The van der Waals surface area contributed by atoms with Crippen LogP contribution in [0, 0.1) is 13.8 Å². The van der Waals surface area contributed by atoms with E-state index in [1.807, 2.05) is 0 Å².